The molecule has 0 fully saturated rings. The number of aromatic nitrogens is 3. The van der Waals surface area contributed by atoms with Crippen molar-refractivity contribution in [3.63, 3.8) is 0 Å². The van der Waals surface area contributed by atoms with Gasteiger partial charge in [0, 0.05) is 22.9 Å². The van der Waals surface area contributed by atoms with Gasteiger partial charge in [0.05, 0.1) is 22.3 Å². The number of phenolic OH excluding ortho intramolecular Hbond substituents is 1. The summed E-state index contributed by atoms with van der Waals surface area (Å²) in [5, 5.41) is 16.5. The topological polar surface area (TPSA) is 50.9 Å². The molecule has 2 aromatic heterocycles. The molecule has 324 valence electrons. The van der Waals surface area contributed by atoms with Gasteiger partial charge in [-0.25, -0.2) is 4.98 Å². The molecule has 0 aliphatic carbocycles. The molecule has 0 saturated heterocycles. The highest BCUT2D eigenvalue weighted by Crippen LogP contribution is 2.45. The predicted octanol–water partition coefficient (Wildman–Crippen LogP) is 13.2. The van der Waals surface area contributed by atoms with Gasteiger partial charge in [-0.15, -0.1) is 0 Å². The van der Waals surface area contributed by atoms with Crippen LogP contribution in [0.15, 0.2) is 188 Å². The van der Waals surface area contributed by atoms with Crippen molar-refractivity contribution in [2.45, 2.75) is 78.6 Å². The molecule has 1 N–H and O–H groups in total. The van der Waals surface area contributed by atoms with Crippen LogP contribution in [0.5, 0.6) is 5.75 Å². The quantitative estimate of drug-likeness (QED) is 0.122. The van der Waals surface area contributed by atoms with Crippen molar-refractivity contribution in [1.82, 2.24) is 14.2 Å². The molecule has 0 radical (unpaired) electrons. The minimum atomic E-state index is -3.32. The van der Waals surface area contributed by atoms with Crippen LogP contribution in [0.4, 0.5) is 0 Å². The van der Waals surface area contributed by atoms with Crippen LogP contribution in [0, 0.1) is 0 Å². The van der Waals surface area contributed by atoms with E-state index >= 15 is 0 Å². The zero-order valence-electron chi connectivity index (χ0n) is 39.2. The summed E-state index contributed by atoms with van der Waals surface area (Å²) in [5.41, 5.74) is 11.5. The molecule has 0 bridgehead atoms. The van der Waals surface area contributed by atoms with Crippen LogP contribution in [0.25, 0.3) is 55.9 Å². The van der Waals surface area contributed by atoms with Crippen LogP contribution in [-0.2, 0) is 16.2 Å². The van der Waals surface area contributed by atoms with E-state index in [4.69, 9.17) is 9.97 Å². The number of benzene rings is 7. The summed E-state index contributed by atoms with van der Waals surface area (Å²) in [5.74, 6) is 1.01. The molecule has 7 aromatic carbocycles. The number of pyridine rings is 1. The average molecular weight is 866 g/mol. The van der Waals surface area contributed by atoms with E-state index in [-0.39, 0.29) is 22.0 Å². The van der Waals surface area contributed by atoms with E-state index in [1.54, 1.807) is 0 Å². The summed E-state index contributed by atoms with van der Waals surface area (Å²) in [6, 6.07) is 65.7. The molecule has 0 aliphatic heterocycles. The molecule has 9 aromatic rings. The molecule has 0 saturated carbocycles. The van der Waals surface area contributed by atoms with Crippen LogP contribution in [0.1, 0.15) is 79.0 Å². The highest BCUT2D eigenvalue weighted by Gasteiger charge is 2.46. The summed E-state index contributed by atoms with van der Waals surface area (Å²) in [6.07, 6.45) is 1.92. The first kappa shape index (κ1) is 43.4. The van der Waals surface area contributed by atoms with Gasteiger partial charge in [-0.1, -0.05) is 208 Å². The maximum atomic E-state index is 12.8. The van der Waals surface area contributed by atoms with E-state index in [0.29, 0.717) is 0 Å². The first-order valence-corrected chi connectivity index (χ1v) is 24.7. The van der Waals surface area contributed by atoms with E-state index in [1.807, 2.05) is 6.20 Å². The third-order valence-corrected chi connectivity index (χ3v) is 17.5. The van der Waals surface area contributed by atoms with Crippen molar-refractivity contribution in [2.24, 2.45) is 0 Å². The van der Waals surface area contributed by atoms with Gasteiger partial charge < -0.3 is 9.34 Å². The molecular weight excluding hydrogens is 807 g/mol. The molecule has 9 rings (SSSR count). The zero-order valence-corrected chi connectivity index (χ0v) is 40.2. The molecule has 65 heavy (non-hydrogen) atoms. The molecule has 0 aliphatic rings. The van der Waals surface area contributed by atoms with Gasteiger partial charge in [-0.2, -0.15) is 0 Å². The summed E-state index contributed by atoms with van der Waals surface area (Å²) in [6.45, 7) is 20.1. The Morgan fingerprint density at radius 3 is 1.51 bits per heavy atom. The van der Waals surface area contributed by atoms with Crippen LogP contribution in [0.3, 0.4) is 0 Å². The minimum absolute atomic E-state index is 0.154. The Hall–Kier alpha value is -6.82. The van der Waals surface area contributed by atoms with E-state index in [9.17, 15) is 5.11 Å². The van der Waals surface area contributed by atoms with Crippen LogP contribution >= 0.6 is 0 Å². The molecule has 2 heterocycles. The Morgan fingerprint density at radius 2 is 0.969 bits per heavy atom. The van der Waals surface area contributed by atoms with Gasteiger partial charge in [-0.05, 0) is 96.0 Å². The maximum Gasteiger partial charge on any atom is 0.259 e. The lowest BCUT2D eigenvalue weighted by molar-refractivity contribution is 0.446. The number of imidazole rings is 1. The van der Waals surface area contributed by atoms with E-state index in [2.05, 4.69) is 249 Å². The fourth-order valence-electron chi connectivity index (χ4n) is 9.35. The largest absolute Gasteiger partial charge is 0.507 e. The highest BCUT2D eigenvalue weighted by molar-refractivity contribution is 7.11. The van der Waals surface area contributed by atoms with Crippen molar-refractivity contribution < 1.29 is 5.11 Å². The third-order valence-electron chi connectivity index (χ3n) is 12.9. The van der Waals surface area contributed by atoms with Crippen molar-refractivity contribution in [3.8, 4) is 50.6 Å². The number of para-hydroxylation sites is 1. The molecule has 0 amide bonds. The van der Waals surface area contributed by atoms with Gasteiger partial charge in [0.25, 0.3) is 8.24 Å². The second kappa shape index (κ2) is 16.6. The SMILES string of the molecule is CC(C)(C)c1cc(-c2cc(-c3ccccc3)ccn2)cc(-c2cccc3c2nc(-c2cc(C(C)(C)C)cc(C(C)(C)C)c2O)n3[Si](c2ccccc2)(c2ccccc2)c2ccccc2)c1. The summed E-state index contributed by atoms with van der Waals surface area (Å²) in [4.78, 5) is 10.8. The Balaban J connectivity index is 1.44. The number of hydrogen-bond acceptors (Lipinski definition) is 3. The van der Waals surface area contributed by atoms with E-state index < -0.39 is 8.24 Å². The molecule has 0 atom stereocenters. The van der Waals surface area contributed by atoms with Crippen LogP contribution < -0.4 is 15.6 Å². The van der Waals surface area contributed by atoms with E-state index in [0.717, 1.165) is 67.1 Å². The van der Waals surface area contributed by atoms with E-state index in [1.165, 1.54) is 21.1 Å². The van der Waals surface area contributed by atoms with Gasteiger partial charge in [0.2, 0.25) is 0 Å². The van der Waals surface area contributed by atoms with Crippen molar-refractivity contribution in [3.05, 3.63) is 205 Å². The number of rotatable bonds is 8. The zero-order chi connectivity index (χ0) is 45.7. The van der Waals surface area contributed by atoms with Gasteiger partial charge >= 0.3 is 0 Å². The number of hydrogen-bond donors (Lipinski definition) is 1. The summed E-state index contributed by atoms with van der Waals surface area (Å²) < 4.78 is 2.55. The Morgan fingerprint density at radius 1 is 0.446 bits per heavy atom. The van der Waals surface area contributed by atoms with Crippen molar-refractivity contribution >= 4 is 34.8 Å². The van der Waals surface area contributed by atoms with Crippen LogP contribution in [-0.4, -0.2) is 27.5 Å². The summed E-state index contributed by atoms with van der Waals surface area (Å²) in [7, 11) is -3.32. The fourth-order valence-corrected chi connectivity index (χ4v) is 14.2. The van der Waals surface area contributed by atoms with Gasteiger partial charge in [0.15, 0.2) is 0 Å². The standard InChI is InChI=1S/C60H59N3OSi/c1-58(2,3)45-36-43(35-44(37-45)53-38-42(33-34-61-53)41-23-14-10-15-24-41)50-31-22-32-54-55(50)62-57(51-39-46(59(4,5)6)40-52(56(51)64)60(7,8)9)63(54)65(47-25-16-11-17-26-47,48-27-18-12-19-28-48)49-29-20-13-21-30-49/h10-40,64H,1-9H3. The lowest BCUT2D eigenvalue weighted by Gasteiger charge is -2.37. The predicted molar refractivity (Wildman–Crippen MR) is 276 cm³/mol. The Kier molecular flexibility index (Phi) is 11.1. The maximum absolute atomic E-state index is 12.8. The first-order valence-electron chi connectivity index (χ1n) is 22.8. The minimum Gasteiger partial charge on any atom is -0.507 e. The number of aromatic hydroxyl groups is 1. The molecular formula is C60H59N3OSi. The second-order valence-corrected chi connectivity index (χ2v) is 24.1. The fraction of sp³-hybridized carbons (Fsp3) is 0.200. The lowest BCUT2D eigenvalue weighted by atomic mass is 9.79. The van der Waals surface area contributed by atoms with Crippen molar-refractivity contribution in [1.29, 1.82) is 0 Å². The monoisotopic (exact) mass is 865 g/mol. The second-order valence-electron chi connectivity index (χ2n) is 20.5. The van der Waals surface area contributed by atoms with Crippen molar-refractivity contribution in [2.75, 3.05) is 0 Å². The number of nitrogens with zero attached hydrogens (tertiary/aromatic N) is 3. The number of fused-ring (bicyclic) bond motifs is 1. The highest BCUT2D eigenvalue weighted by atomic mass is 28.3. The summed E-state index contributed by atoms with van der Waals surface area (Å²) >= 11 is 0. The lowest BCUT2D eigenvalue weighted by Crippen LogP contribution is -2.72. The first-order chi connectivity index (χ1) is 31.0. The average Bonchev–Trinajstić information content (AvgIpc) is 3.69. The molecule has 0 unspecified atom stereocenters. The third kappa shape index (κ3) is 8.04. The molecule has 0 spiro atoms. The number of phenols is 1. The molecule has 4 nitrogen and oxygen atoms in total. The van der Waals surface area contributed by atoms with Crippen LogP contribution in [0.2, 0.25) is 0 Å². The smallest absolute Gasteiger partial charge is 0.259 e. The van der Waals surface area contributed by atoms with Gasteiger partial charge in [-0.3, -0.25) is 4.98 Å². The van der Waals surface area contributed by atoms with Gasteiger partial charge in [0.1, 0.15) is 11.6 Å². The molecule has 5 heteroatoms. The normalized spacial score (nSPS) is 12.4. The Bertz CT molecular complexity index is 3040. The Labute approximate surface area is 386 Å².